The van der Waals surface area contributed by atoms with E-state index in [1.165, 1.54) is 22.3 Å². The van der Waals surface area contributed by atoms with Gasteiger partial charge >= 0.3 is 0 Å². The molecule has 9 rings (SSSR count). The predicted octanol–water partition coefficient (Wildman–Crippen LogP) is 9.40. The van der Waals surface area contributed by atoms with Crippen molar-refractivity contribution in [3.8, 4) is 11.1 Å². The number of carbonyl (C=O) groups excluding carboxylic acids is 2. The number of nitrogens with one attached hydrogen (secondary N) is 4. The maximum Gasteiger partial charge on any atom is 0.252 e. The Morgan fingerprint density at radius 1 is 0.554 bits per heavy atom. The number of H-pyrrole nitrogens is 2. The van der Waals surface area contributed by atoms with E-state index in [1.807, 2.05) is 100 Å². The molecule has 0 bridgehead atoms. The molecule has 2 amide bonds. The summed E-state index contributed by atoms with van der Waals surface area (Å²) in [4.78, 5) is 32.6. The van der Waals surface area contributed by atoms with Crippen molar-refractivity contribution in [3.63, 3.8) is 0 Å². The molecule has 8 N–H and O–H groups in total. The molecule has 8 heteroatoms. The van der Waals surface area contributed by atoms with Crippen LogP contribution in [0.15, 0.2) is 121 Å². The van der Waals surface area contributed by atoms with Gasteiger partial charge in [-0.25, -0.2) is 0 Å². The lowest BCUT2D eigenvalue weighted by atomic mass is 9.98. The summed E-state index contributed by atoms with van der Waals surface area (Å²) in [6.45, 7) is 8.88. The second kappa shape index (κ2) is 16.0. The molecule has 0 radical (unpaired) electrons. The molecule has 7 aromatic rings. The minimum absolute atomic E-state index is 0.0142. The first-order chi connectivity index (χ1) is 27.2. The van der Waals surface area contributed by atoms with Crippen LogP contribution in [-0.2, 0) is 24.2 Å². The molecule has 5 aromatic carbocycles. The van der Waals surface area contributed by atoms with Crippen LogP contribution >= 0.6 is 0 Å². The molecule has 0 saturated heterocycles. The Hall–Kier alpha value is -5.96. The second-order valence-electron chi connectivity index (χ2n) is 14.9. The number of hydrogen-bond donors (Lipinski definition) is 6. The summed E-state index contributed by atoms with van der Waals surface area (Å²) in [6, 6.07) is 41.2. The Labute approximate surface area is 329 Å². The minimum atomic E-state index is -0.258. The monoisotopic (exact) mass is 744 g/mol. The molecule has 56 heavy (non-hydrogen) atoms. The largest absolute Gasteiger partial charge is 0.357 e. The van der Waals surface area contributed by atoms with Gasteiger partial charge in [0.25, 0.3) is 11.8 Å². The molecule has 0 spiro atoms. The average molecular weight is 745 g/mol. The van der Waals surface area contributed by atoms with Crippen LogP contribution in [0, 0.1) is 13.8 Å². The van der Waals surface area contributed by atoms with Crippen LogP contribution in [0.5, 0.6) is 0 Å². The number of amides is 2. The van der Waals surface area contributed by atoms with Gasteiger partial charge in [-0.05, 0) is 120 Å². The van der Waals surface area contributed by atoms with Crippen LogP contribution in [0.25, 0.3) is 32.9 Å². The van der Waals surface area contributed by atoms with E-state index in [2.05, 4.69) is 69.1 Å². The first-order valence-electron chi connectivity index (χ1n) is 19.7. The van der Waals surface area contributed by atoms with E-state index in [0.29, 0.717) is 18.7 Å². The molecule has 2 aliphatic rings. The van der Waals surface area contributed by atoms with Crippen LogP contribution in [0.1, 0.15) is 93.9 Å². The van der Waals surface area contributed by atoms with Gasteiger partial charge in [0.1, 0.15) is 0 Å². The van der Waals surface area contributed by atoms with E-state index in [1.54, 1.807) is 0 Å². The topological polar surface area (TPSA) is 142 Å². The zero-order valence-electron chi connectivity index (χ0n) is 32.8. The quantitative estimate of drug-likeness (QED) is 0.0876. The van der Waals surface area contributed by atoms with Gasteiger partial charge in [0.15, 0.2) is 0 Å². The number of benzene rings is 5. The number of aryl methyl sites for hydroxylation is 2. The molecule has 0 unspecified atom stereocenters. The van der Waals surface area contributed by atoms with E-state index < -0.39 is 0 Å². The summed E-state index contributed by atoms with van der Waals surface area (Å²) in [5, 5.41) is 8.73. The lowest BCUT2D eigenvalue weighted by molar-refractivity contribution is 0.0921. The SMILES string of the molecule is CC.Cc1cc2cc(CN)[nH]c2cc1C(=O)NC1(c2ccc(-c3ccccc3)cc2)CC1.Cc1cc2cc(CN)[nH]c2cc1C(=O)NC1(c2ccccc2)CC1. The third-order valence-electron chi connectivity index (χ3n) is 11.0. The standard InChI is InChI=1S/C26H25N3O.C20H21N3O.C2H6/c1-17-13-20-14-22(16-27)28-24(20)15-23(17)25(30)29-26(11-12-26)21-9-7-19(8-10-21)18-5-3-2-4-6-18;1-13-9-14-10-16(12-21)22-18(14)11-17(13)19(24)23-20(7-8-20)15-5-3-2-4-6-15;1-2/h2-10,13-15,28H,11-12,16,27H2,1H3,(H,29,30);2-6,9-11,22H,7-8,12,21H2,1H3,(H,23,24);1-2H3. The molecule has 2 aromatic heterocycles. The van der Waals surface area contributed by atoms with E-state index in [-0.39, 0.29) is 22.9 Å². The van der Waals surface area contributed by atoms with E-state index >= 15 is 0 Å². The maximum absolute atomic E-state index is 13.2. The van der Waals surface area contributed by atoms with Crippen molar-refractivity contribution >= 4 is 33.6 Å². The number of fused-ring (bicyclic) bond motifs is 2. The summed E-state index contributed by atoms with van der Waals surface area (Å²) in [5.41, 5.74) is 22.9. The summed E-state index contributed by atoms with van der Waals surface area (Å²) >= 11 is 0. The Kier molecular flexibility index (Phi) is 11.0. The van der Waals surface area contributed by atoms with Crippen LogP contribution < -0.4 is 22.1 Å². The van der Waals surface area contributed by atoms with Crippen LogP contribution in [0.2, 0.25) is 0 Å². The normalized spacial score (nSPS) is 14.5. The van der Waals surface area contributed by atoms with Crippen molar-refractivity contribution in [2.24, 2.45) is 11.5 Å². The van der Waals surface area contributed by atoms with Crippen molar-refractivity contribution in [1.29, 1.82) is 0 Å². The van der Waals surface area contributed by atoms with Gasteiger partial charge in [0.05, 0.1) is 11.1 Å². The van der Waals surface area contributed by atoms with Gasteiger partial charge in [-0.1, -0.05) is 98.8 Å². The van der Waals surface area contributed by atoms with Crippen molar-refractivity contribution in [2.75, 3.05) is 0 Å². The first-order valence-corrected chi connectivity index (χ1v) is 19.7. The van der Waals surface area contributed by atoms with Gasteiger partial charge in [-0.2, -0.15) is 0 Å². The lowest BCUT2D eigenvalue weighted by Crippen LogP contribution is -2.35. The summed E-state index contributed by atoms with van der Waals surface area (Å²) in [5.74, 6) is -0.0393. The van der Waals surface area contributed by atoms with Crippen molar-refractivity contribution in [1.82, 2.24) is 20.6 Å². The minimum Gasteiger partial charge on any atom is -0.357 e. The highest BCUT2D eigenvalue weighted by atomic mass is 16.2. The summed E-state index contributed by atoms with van der Waals surface area (Å²) in [7, 11) is 0. The first kappa shape index (κ1) is 38.3. The number of nitrogens with two attached hydrogens (primary N) is 2. The van der Waals surface area contributed by atoms with E-state index in [9.17, 15) is 9.59 Å². The third kappa shape index (κ3) is 7.89. The molecular weight excluding hydrogens is 693 g/mol. The van der Waals surface area contributed by atoms with Crippen molar-refractivity contribution < 1.29 is 9.59 Å². The molecule has 2 aliphatic carbocycles. The van der Waals surface area contributed by atoms with Crippen molar-refractivity contribution in [2.45, 2.75) is 77.5 Å². The highest BCUT2D eigenvalue weighted by Crippen LogP contribution is 2.47. The Morgan fingerprint density at radius 3 is 1.36 bits per heavy atom. The molecule has 286 valence electrons. The van der Waals surface area contributed by atoms with Gasteiger partial charge in [0.2, 0.25) is 0 Å². The van der Waals surface area contributed by atoms with E-state index in [0.717, 1.165) is 75.6 Å². The maximum atomic E-state index is 13.2. The third-order valence-corrected chi connectivity index (χ3v) is 11.0. The molecule has 0 atom stereocenters. The average Bonchev–Trinajstić information content (AvgIpc) is 4.12. The number of rotatable bonds is 9. The Morgan fingerprint density at radius 2 is 0.946 bits per heavy atom. The van der Waals surface area contributed by atoms with E-state index in [4.69, 9.17) is 11.5 Å². The zero-order valence-corrected chi connectivity index (χ0v) is 32.8. The molecule has 8 nitrogen and oxygen atoms in total. The van der Waals surface area contributed by atoms with Crippen LogP contribution in [0.4, 0.5) is 0 Å². The van der Waals surface area contributed by atoms with Gasteiger partial charge in [-0.3, -0.25) is 9.59 Å². The predicted molar refractivity (Wildman–Crippen MR) is 228 cm³/mol. The van der Waals surface area contributed by atoms with Crippen molar-refractivity contribution in [3.05, 3.63) is 166 Å². The molecular formula is C48H52N6O2. The zero-order chi connectivity index (χ0) is 39.5. The molecule has 0 aliphatic heterocycles. The number of hydrogen-bond acceptors (Lipinski definition) is 4. The fourth-order valence-electron chi connectivity index (χ4n) is 7.58. The Bertz CT molecular complexity index is 2470. The van der Waals surface area contributed by atoms with Crippen LogP contribution in [0.3, 0.4) is 0 Å². The highest BCUT2D eigenvalue weighted by molar-refractivity contribution is 6.01. The molecule has 2 fully saturated rings. The van der Waals surface area contributed by atoms with Crippen LogP contribution in [-0.4, -0.2) is 21.8 Å². The fourth-order valence-corrected chi connectivity index (χ4v) is 7.58. The number of aromatic nitrogens is 2. The molecule has 2 heterocycles. The summed E-state index contributed by atoms with van der Waals surface area (Å²) in [6.07, 6.45) is 3.91. The second-order valence-corrected chi connectivity index (χ2v) is 14.9. The smallest absolute Gasteiger partial charge is 0.252 e. The lowest BCUT2D eigenvalue weighted by Gasteiger charge is -2.19. The number of aromatic amines is 2. The van der Waals surface area contributed by atoms with Gasteiger partial charge in [0, 0.05) is 46.6 Å². The fraction of sp³-hybridized carbons (Fsp3) is 0.250. The molecule has 2 saturated carbocycles. The highest BCUT2D eigenvalue weighted by Gasteiger charge is 2.46. The summed E-state index contributed by atoms with van der Waals surface area (Å²) < 4.78 is 0. The van der Waals surface area contributed by atoms with Gasteiger partial charge < -0.3 is 32.1 Å². The Balaban J connectivity index is 0.000000168. The number of carbonyl (C=O) groups is 2. The van der Waals surface area contributed by atoms with Gasteiger partial charge in [-0.15, -0.1) is 0 Å².